The average Bonchev–Trinajstić information content (AvgIpc) is 3.11. The number of halogens is 1. The van der Waals surface area contributed by atoms with Gasteiger partial charge in [-0.05, 0) is 35.9 Å². The quantitative estimate of drug-likeness (QED) is 0.357. The molecule has 2 N–H and O–H groups in total. The first kappa shape index (κ1) is 21.6. The average molecular weight is 475 g/mol. The molecule has 0 amide bonds. The second-order valence-corrected chi connectivity index (χ2v) is 6.57. The predicted octanol–water partition coefficient (Wildman–Crippen LogP) is 4.25. The van der Waals surface area contributed by atoms with Crippen LogP contribution in [0.4, 0.5) is 5.69 Å². The van der Waals surface area contributed by atoms with Crippen molar-refractivity contribution in [1.82, 2.24) is 5.32 Å². The van der Waals surface area contributed by atoms with Crippen LogP contribution in [0.3, 0.4) is 0 Å². The van der Waals surface area contributed by atoms with E-state index in [0.29, 0.717) is 17.4 Å². The Morgan fingerprint density at radius 1 is 1.20 bits per heavy atom. The Balaban J connectivity index is 0.00000312. The van der Waals surface area contributed by atoms with Crippen molar-refractivity contribution in [2.24, 2.45) is 10.9 Å². The Labute approximate surface area is 170 Å². The fraction of sp³-hybridized carbons (Fsp3) is 0.389. The summed E-state index contributed by atoms with van der Waals surface area (Å²) in [4.78, 5) is 5.68. The second kappa shape index (κ2) is 11.2. The number of rotatable bonds is 7. The Kier molecular flexibility index (Phi) is 9.66. The Hall–Kier alpha value is -1.48. The lowest BCUT2D eigenvalue weighted by Gasteiger charge is -2.16. The highest BCUT2D eigenvalue weighted by atomic mass is 127. The third-order valence-corrected chi connectivity index (χ3v) is 4.52. The highest BCUT2D eigenvalue weighted by Gasteiger charge is 2.08. The van der Waals surface area contributed by atoms with Gasteiger partial charge in [0.2, 0.25) is 0 Å². The van der Waals surface area contributed by atoms with Crippen molar-refractivity contribution in [2.45, 2.75) is 13.3 Å². The molecule has 1 unspecified atom stereocenters. The lowest BCUT2D eigenvalue weighted by molar-refractivity contribution is 0.355. The van der Waals surface area contributed by atoms with E-state index in [2.05, 4.69) is 40.1 Å². The predicted molar refractivity (Wildman–Crippen MR) is 117 cm³/mol. The zero-order chi connectivity index (χ0) is 17.4. The third kappa shape index (κ3) is 6.74. The van der Waals surface area contributed by atoms with Gasteiger partial charge >= 0.3 is 0 Å². The van der Waals surface area contributed by atoms with E-state index in [1.54, 1.807) is 32.6 Å². The van der Waals surface area contributed by atoms with Crippen LogP contribution in [0.15, 0.2) is 40.7 Å². The number of anilines is 1. The van der Waals surface area contributed by atoms with E-state index in [1.165, 1.54) is 4.88 Å². The molecule has 0 aliphatic rings. The lowest BCUT2D eigenvalue weighted by Crippen LogP contribution is -2.34. The summed E-state index contributed by atoms with van der Waals surface area (Å²) in [5.74, 6) is 2.65. The molecule has 0 radical (unpaired) electrons. The zero-order valence-corrected chi connectivity index (χ0v) is 18.2. The normalized spacial score (nSPS) is 12.1. The molecule has 2 aromatic rings. The number of aliphatic imine (C=N–C) groups is 1. The molecule has 0 fully saturated rings. The van der Waals surface area contributed by atoms with Gasteiger partial charge in [-0.3, -0.25) is 4.99 Å². The van der Waals surface area contributed by atoms with Crippen LogP contribution >= 0.6 is 35.3 Å². The van der Waals surface area contributed by atoms with Gasteiger partial charge in [-0.25, -0.2) is 0 Å². The van der Waals surface area contributed by atoms with E-state index in [4.69, 9.17) is 9.47 Å². The summed E-state index contributed by atoms with van der Waals surface area (Å²) >= 11 is 1.80. The van der Waals surface area contributed by atoms with Crippen molar-refractivity contribution in [3.05, 3.63) is 40.6 Å². The monoisotopic (exact) mass is 475 g/mol. The SMILES string of the molecule is CN=C(NCC(C)Cc1cccs1)Nc1ccc(OC)c(OC)c1.I. The van der Waals surface area contributed by atoms with Crippen molar-refractivity contribution in [3.63, 3.8) is 0 Å². The van der Waals surface area contributed by atoms with E-state index in [9.17, 15) is 0 Å². The molecule has 0 aliphatic heterocycles. The van der Waals surface area contributed by atoms with Crippen LogP contribution in [0, 0.1) is 5.92 Å². The van der Waals surface area contributed by atoms with Crippen LogP contribution < -0.4 is 20.1 Å². The minimum Gasteiger partial charge on any atom is -0.493 e. The van der Waals surface area contributed by atoms with Crippen molar-refractivity contribution in [2.75, 3.05) is 33.1 Å². The maximum absolute atomic E-state index is 5.32. The van der Waals surface area contributed by atoms with Gasteiger partial charge in [-0.1, -0.05) is 13.0 Å². The third-order valence-electron chi connectivity index (χ3n) is 3.62. The highest BCUT2D eigenvalue weighted by molar-refractivity contribution is 14.0. The number of thiophene rings is 1. The molecule has 2 rings (SSSR count). The van der Waals surface area contributed by atoms with Gasteiger partial charge in [0.15, 0.2) is 17.5 Å². The molecule has 1 atom stereocenters. The number of guanidine groups is 1. The summed E-state index contributed by atoms with van der Waals surface area (Å²) in [6.07, 6.45) is 1.07. The second-order valence-electron chi connectivity index (χ2n) is 5.54. The first-order chi connectivity index (χ1) is 11.7. The van der Waals surface area contributed by atoms with E-state index >= 15 is 0 Å². The molecule has 7 heteroatoms. The van der Waals surface area contributed by atoms with Crippen LogP contribution in [-0.4, -0.2) is 33.8 Å². The molecule has 5 nitrogen and oxygen atoms in total. The smallest absolute Gasteiger partial charge is 0.195 e. The summed E-state index contributed by atoms with van der Waals surface area (Å²) in [7, 11) is 5.02. The molecular weight excluding hydrogens is 449 g/mol. The van der Waals surface area contributed by atoms with Crippen LogP contribution in [0.2, 0.25) is 0 Å². The fourth-order valence-corrected chi connectivity index (χ4v) is 3.21. The first-order valence-corrected chi connectivity index (χ1v) is 8.76. The standard InChI is InChI=1S/C18H25N3O2S.HI/c1-13(10-15-6-5-9-24-15)12-20-18(19-2)21-14-7-8-16(22-3)17(11-14)23-4;/h5-9,11,13H,10,12H2,1-4H3,(H2,19,20,21);1H. The molecular formula is C18H26IN3O2S. The summed E-state index contributed by atoms with van der Waals surface area (Å²) < 4.78 is 10.6. The van der Waals surface area contributed by atoms with Crippen molar-refractivity contribution in [3.8, 4) is 11.5 Å². The summed E-state index contributed by atoms with van der Waals surface area (Å²) in [5, 5.41) is 8.76. The molecule has 1 heterocycles. The van der Waals surface area contributed by atoms with Crippen molar-refractivity contribution < 1.29 is 9.47 Å². The Bertz CT molecular complexity index is 662. The van der Waals surface area contributed by atoms with E-state index in [0.717, 1.165) is 24.6 Å². The molecule has 1 aromatic heterocycles. The van der Waals surface area contributed by atoms with Gasteiger partial charge in [0, 0.05) is 30.2 Å². The lowest BCUT2D eigenvalue weighted by atomic mass is 10.1. The van der Waals surface area contributed by atoms with Crippen LogP contribution in [0.1, 0.15) is 11.8 Å². The number of nitrogens with zero attached hydrogens (tertiary/aromatic N) is 1. The van der Waals surface area contributed by atoms with E-state index < -0.39 is 0 Å². The van der Waals surface area contributed by atoms with Crippen molar-refractivity contribution >= 4 is 47.0 Å². The largest absolute Gasteiger partial charge is 0.493 e. The number of ether oxygens (including phenoxy) is 2. The maximum Gasteiger partial charge on any atom is 0.195 e. The van der Waals surface area contributed by atoms with Gasteiger partial charge in [-0.15, -0.1) is 35.3 Å². The van der Waals surface area contributed by atoms with Crippen LogP contribution in [0.25, 0.3) is 0 Å². The number of hydrogen-bond acceptors (Lipinski definition) is 4. The Morgan fingerprint density at radius 3 is 2.56 bits per heavy atom. The number of hydrogen-bond donors (Lipinski definition) is 2. The molecule has 0 spiro atoms. The van der Waals surface area contributed by atoms with Crippen molar-refractivity contribution in [1.29, 1.82) is 0 Å². The molecule has 0 bridgehead atoms. The van der Waals surface area contributed by atoms with Gasteiger partial charge < -0.3 is 20.1 Å². The minimum atomic E-state index is 0. The highest BCUT2D eigenvalue weighted by Crippen LogP contribution is 2.29. The topological polar surface area (TPSA) is 54.9 Å². The minimum absolute atomic E-state index is 0. The molecule has 25 heavy (non-hydrogen) atoms. The fourth-order valence-electron chi connectivity index (χ4n) is 2.35. The number of nitrogens with one attached hydrogen (secondary N) is 2. The summed E-state index contributed by atoms with van der Waals surface area (Å²) in [6.45, 7) is 3.08. The van der Waals surface area contributed by atoms with Gasteiger partial charge in [0.1, 0.15) is 0 Å². The van der Waals surface area contributed by atoms with Crippen LogP contribution in [-0.2, 0) is 6.42 Å². The summed E-state index contributed by atoms with van der Waals surface area (Å²) in [5.41, 5.74) is 0.895. The molecule has 138 valence electrons. The molecule has 1 aromatic carbocycles. The van der Waals surface area contributed by atoms with E-state index in [1.807, 2.05) is 18.2 Å². The van der Waals surface area contributed by atoms with Gasteiger partial charge in [-0.2, -0.15) is 0 Å². The number of methoxy groups -OCH3 is 2. The van der Waals surface area contributed by atoms with E-state index in [-0.39, 0.29) is 24.0 Å². The number of benzene rings is 1. The molecule has 0 saturated carbocycles. The Morgan fingerprint density at radius 2 is 1.96 bits per heavy atom. The summed E-state index contributed by atoms with van der Waals surface area (Å²) in [6, 6.07) is 9.97. The first-order valence-electron chi connectivity index (χ1n) is 7.88. The molecule has 0 saturated heterocycles. The van der Waals surface area contributed by atoms with Gasteiger partial charge in [0.05, 0.1) is 14.2 Å². The molecule has 0 aliphatic carbocycles. The van der Waals surface area contributed by atoms with Gasteiger partial charge in [0.25, 0.3) is 0 Å². The maximum atomic E-state index is 5.32. The zero-order valence-electron chi connectivity index (χ0n) is 15.0. The van der Waals surface area contributed by atoms with Crippen LogP contribution in [0.5, 0.6) is 11.5 Å².